The fourth-order valence-electron chi connectivity index (χ4n) is 2.66. The van der Waals surface area contributed by atoms with Crippen molar-refractivity contribution in [3.63, 3.8) is 0 Å². The van der Waals surface area contributed by atoms with E-state index in [0.29, 0.717) is 17.9 Å². The van der Waals surface area contributed by atoms with E-state index in [1.165, 1.54) is 0 Å². The Morgan fingerprint density at radius 1 is 1.32 bits per heavy atom. The Morgan fingerprint density at radius 2 is 2.16 bits per heavy atom. The average molecular weight is 339 g/mol. The maximum absolute atomic E-state index is 12.6. The van der Waals surface area contributed by atoms with Crippen LogP contribution in [0, 0.1) is 0 Å². The van der Waals surface area contributed by atoms with Crippen LogP contribution in [0.2, 0.25) is 0 Å². The van der Waals surface area contributed by atoms with Crippen LogP contribution in [-0.4, -0.2) is 44.9 Å². The third-order valence-electron chi connectivity index (χ3n) is 4.02. The molecule has 7 nitrogen and oxygen atoms in total. The number of ether oxygens (including phenoxy) is 1. The molecule has 0 radical (unpaired) electrons. The lowest BCUT2D eigenvalue weighted by Crippen LogP contribution is -2.27. The molecule has 2 aromatic heterocycles. The Labute approximate surface area is 146 Å². The van der Waals surface area contributed by atoms with Crippen LogP contribution in [0.1, 0.15) is 23.1 Å². The normalized spacial score (nSPS) is 10.7. The van der Waals surface area contributed by atoms with Gasteiger partial charge in [0.05, 0.1) is 25.0 Å². The van der Waals surface area contributed by atoms with Crippen LogP contribution >= 0.6 is 0 Å². The molecule has 1 N–H and O–H groups in total. The van der Waals surface area contributed by atoms with E-state index in [0.717, 1.165) is 23.6 Å². The smallest absolute Gasteiger partial charge is 0.271 e. The monoisotopic (exact) mass is 339 g/mol. The van der Waals surface area contributed by atoms with Crippen molar-refractivity contribution in [3.05, 3.63) is 54.0 Å². The lowest BCUT2D eigenvalue weighted by Gasteiger charge is -2.16. The Hall–Kier alpha value is -3.09. The van der Waals surface area contributed by atoms with Gasteiger partial charge in [-0.3, -0.25) is 14.6 Å². The molecule has 1 amide bonds. The zero-order valence-electron chi connectivity index (χ0n) is 14.6. The number of benzene rings is 1. The van der Waals surface area contributed by atoms with Gasteiger partial charge in [-0.05, 0) is 31.2 Å². The number of carbonyl (C=O) groups excluding carboxylic acids is 1. The maximum atomic E-state index is 12.6. The van der Waals surface area contributed by atoms with Gasteiger partial charge in [-0.15, -0.1) is 0 Å². The first-order valence-electron chi connectivity index (χ1n) is 8.08. The summed E-state index contributed by atoms with van der Waals surface area (Å²) < 4.78 is 7.10. The van der Waals surface area contributed by atoms with Crippen molar-refractivity contribution >= 4 is 5.91 Å². The first kappa shape index (κ1) is 16.8. The summed E-state index contributed by atoms with van der Waals surface area (Å²) in [5.41, 5.74) is 3.03. The topological polar surface area (TPSA) is 76.0 Å². The van der Waals surface area contributed by atoms with E-state index in [1.807, 2.05) is 41.9 Å². The molecule has 0 spiro atoms. The van der Waals surface area contributed by atoms with Gasteiger partial charge in [0.1, 0.15) is 11.4 Å². The zero-order chi connectivity index (χ0) is 17.8. The van der Waals surface area contributed by atoms with Gasteiger partial charge in [0.15, 0.2) is 0 Å². The molecule has 25 heavy (non-hydrogen) atoms. The molecular weight excluding hydrogens is 318 g/mol. The number of aromatic nitrogens is 4. The minimum atomic E-state index is -0.120. The number of hydrogen-bond donors (Lipinski definition) is 1. The van der Waals surface area contributed by atoms with Crippen molar-refractivity contribution in [3.8, 4) is 17.0 Å². The maximum Gasteiger partial charge on any atom is 0.271 e. The minimum absolute atomic E-state index is 0.120. The molecule has 0 aliphatic heterocycles. The van der Waals surface area contributed by atoms with Gasteiger partial charge in [0.25, 0.3) is 5.91 Å². The average Bonchev–Trinajstić information content (AvgIpc) is 3.30. The highest BCUT2D eigenvalue weighted by Gasteiger charge is 2.17. The number of nitrogens with one attached hydrogen (secondary N) is 1. The summed E-state index contributed by atoms with van der Waals surface area (Å²) in [6.07, 6.45) is 1.74. The van der Waals surface area contributed by atoms with Crippen molar-refractivity contribution in [2.45, 2.75) is 20.0 Å². The molecule has 0 aliphatic rings. The molecule has 0 atom stereocenters. The van der Waals surface area contributed by atoms with Crippen molar-refractivity contribution < 1.29 is 9.53 Å². The van der Waals surface area contributed by atoms with Crippen LogP contribution in [0.15, 0.2) is 42.6 Å². The molecule has 0 aliphatic carbocycles. The lowest BCUT2D eigenvalue weighted by atomic mass is 10.1. The van der Waals surface area contributed by atoms with Crippen molar-refractivity contribution in [1.82, 2.24) is 24.9 Å². The summed E-state index contributed by atoms with van der Waals surface area (Å²) in [5, 5.41) is 11.3. The van der Waals surface area contributed by atoms with Gasteiger partial charge < -0.3 is 9.64 Å². The van der Waals surface area contributed by atoms with Crippen LogP contribution in [-0.2, 0) is 13.1 Å². The molecule has 7 heteroatoms. The van der Waals surface area contributed by atoms with E-state index in [-0.39, 0.29) is 5.91 Å². The van der Waals surface area contributed by atoms with Gasteiger partial charge in [-0.2, -0.15) is 10.2 Å². The fourth-order valence-corrected chi connectivity index (χ4v) is 2.66. The van der Waals surface area contributed by atoms with Gasteiger partial charge in [-0.1, -0.05) is 12.1 Å². The van der Waals surface area contributed by atoms with E-state index < -0.39 is 0 Å². The van der Waals surface area contributed by atoms with Crippen molar-refractivity contribution in [1.29, 1.82) is 0 Å². The van der Waals surface area contributed by atoms with Crippen LogP contribution in [0.25, 0.3) is 11.3 Å². The Bertz CT molecular complexity index is 868. The van der Waals surface area contributed by atoms with Crippen LogP contribution in [0.4, 0.5) is 0 Å². The summed E-state index contributed by atoms with van der Waals surface area (Å²) in [6.45, 7) is 3.28. The standard InChI is InChI=1S/C18H21N5O2/c1-4-23-14(8-9-19-23)12-22(2)18(24)17-11-16(20-21-17)13-6-5-7-15(10-13)25-3/h5-11H,4,12H2,1-3H3,(H,20,21). The highest BCUT2D eigenvalue weighted by molar-refractivity contribution is 5.93. The molecular formula is C18H21N5O2. The lowest BCUT2D eigenvalue weighted by molar-refractivity contribution is 0.0775. The Balaban J connectivity index is 1.75. The molecule has 0 saturated heterocycles. The number of rotatable bonds is 6. The second kappa shape index (κ2) is 7.21. The van der Waals surface area contributed by atoms with Crippen molar-refractivity contribution in [2.75, 3.05) is 14.2 Å². The van der Waals surface area contributed by atoms with Crippen LogP contribution in [0.3, 0.4) is 0 Å². The number of hydrogen-bond acceptors (Lipinski definition) is 4. The number of aryl methyl sites for hydroxylation is 1. The number of H-pyrrole nitrogens is 1. The van der Waals surface area contributed by atoms with E-state index in [2.05, 4.69) is 15.3 Å². The molecule has 130 valence electrons. The van der Waals surface area contributed by atoms with E-state index in [4.69, 9.17) is 4.74 Å². The minimum Gasteiger partial charge on any atom is -0.497 e. The summed E-state index contributed by atoms with van der Waals surface area (Å²) in [5.74, 6) is 0.629. The Kier molecular flexibility index (Phi) is 4.83. The number of carbonyl (C=O) groups is 1. The van der Waals surface area contributed by atoms with Crippen LogP contribution in [0.5, 0.6) is 5.75 Å². The van der Waals surface area contributed by atoms with E-state index >= 15 is 0 Å². The molecule has 0 saturated carbocycles. The molecule has 3 rings (SSSR count). The zero-order valence-corrected chi connectivity index (χ0v) is 14.6. The van der Waals surface area contributed by atoms with Gasteiger partial charge in [0.2, 0.25) is 0 Å². The predicted octanol–water partition coefficient (Wildman–Crippen LogP) is 2.57. The quantitative estimate of drug-likeness (QED) is 0.749. The summed E-state index contributed by atoms with van der Waals surface area (Å²) in [7, 11) is 3.38. The highest BCUT2D eigenvalue weighted by Crippen LogP contribution is 2.23. The summed E-state index contributed by atoms with van der Waals surface area (Å²) in [6, 6.07) is 11.2. The molecule has 1 aromatic carbocycles. The fraction of sp³-hybridized carbons (Fsp3) is 0.278. The molecule has 3 aromatic rings. The van der Waals surface area contributed by atoms with Gasteiger partial charge in [0, 0.05) is 25.4 Å². The number of aromatic amines is 1. The first-order valence-corrected chi connectivity index (χ1v) is 8.08. The third-order valence-corrected chi connectivity index (χ3v) is 4.02. The summed E-state index contributed by atoms with van der Waals surface area (Å²) >= 11 is 0. The molecule has 2 heterocycles. The predicted molar refractivity (Wildman–Crippen MR) is 94.3 cm³/mol. The van der Waals surface area contributed by atoms with Gasteiger partial charge >= 0.3 is 0 Å². The first-order chi connectivity index (χ1) is 12.1. The SMILES string of the molecule is CCn1nccc1CN(C)C(=O)c1cc(-c2cccc(OC)c2)n[nH]1. The second-order valence-electron chi connectivity index (χ2n) is 5.70. The molecule has 0 unspecified atom stereocenters. The molecule has 0 bridgehead atoms. The molecule has 0 fully saturated rings. The highest BCUT2D eigenvalue weighted by atomic mass is 16.5. The summed E-state index contributed by atoms with van der Waals surface area (Å²) in [4.78, 5) is 14.3. The second-order valence-corrected chi connectivity index (χ2v) is 5.70. The van der Waals surface area contributed by atoms with E-state index in [1.54, 1.807) is 31.3 Å². The number of methoxy groups -OCH3 is 1. The number of nitrogens with zero attached hydrogens (tertiary/aromatic N) is 4. The third kappa shape index (κ3) is 3.55. The van der Waals surface area contributed by atoms with Crippen molar-refractivity contribution in [2.24, 2.45) is 0 Å². The number of amides is 1. The van der Waals surface area contributed by atoms with E-state index in [9.17, 15) is 4.79 Å². The van der Waals surface area contributed by atoms with Crippen LogP contribution < -0.4 is 4.74 Å². The van der Waals surface area contributed by atoms with Gasteiger partial charge in [-0.25, -0.2) is 0 Å². The Morgan fingerprint density at radius 3 is 2.92 bits per heavy atom. The largest absolute Gasteiger partial charge is 0.497 e.